The highest BCUT2D eigenvalue weighted by Crippen LogP contribution is 2.25. The zero-order valence-electron chi connectivity index (χ0n) is 16.9. The average molecular weight is 389 g/mol. The van der Waals surface area contributed by atoms with Crippen LogP contribution in [0.15, 0.2) is 78.9 Å². The van der Waals surface area contributed by atoms with Crippen LogP contribution >= 0.6 is 0 Å². The summed E-state index contributed by atoms with van der Waals surface area (Å²) in [6.45, 7) is 4.77. The van der Waals surface area contributed by atoms with Gasteiger partial charge in [-0.2, -0.15) is 0 Å². The Bertz CT molecular complexity index is 958. The fourth-order valence-electron chi connectivity index (χ4n) is 3.20. The van der Waals surface area contributed by atoms with Gasteiger partial charge in [0, 0.05) is 23.5 Å². The lowest BCUT2D eigenvalue weighted by molar-refractivity contribution is 0.0526. The number of benzene rings is 3. The molecule has 0 saturated heterocycles. The van der Waals surface area contributed by atoms with E-state index in [2.05, 4.69) is 29.6 Å². The molecule has 3 aromatic rings. The summed E-state index contributed by atoms with van der Waals surface area (Å²) < 4.78 is 11.1. The maximum atomic E-state index is 11.8. The third-order valence-corrected chi connectivity index (χ3v) is 4.61. The van der Waals surface area contributed by atoms with Crippen LogP contribution in [0.5, 0.6) is 5.75 Å². The maximum Gasteiger partial charge on any atom is 0.338 e. The molecule has 150 valence electrons. The van der Waals surface area contributed by atoms with Crippen molar-refractivity contribution in [2.24, 2.45) is 0 Å². The van der Waals surface area contributed by atoms with E-state index in [4.69, 9.17) is 9.47 Å². The molecule has 0 aliphatic rings. The van der Waals surface area contributed by atoms with Gasteiger partial charge >= 0.3 is 5.97 Å². The van der Waals surface area contributed by atoms with Crippen LogP contribution in [0.1, 0.15) is 30.6 Å². The molecule has 0 radical (unpaired) electrons. The Kier molecular flexibility index (Phi) is 7.28. The van der Waals surface area contributed by atoms with Gasteiger partial charge in [-0.05, 0) is 49.6 Å². The van der Waals surface area contributed by atoms with Crippen molar-refractivity contribution in [3.05, 3.63) is 84.4 Å². The van der Waals surface area contributed by atoms with E-state index in [0.29, 0.717) is 18.8 Å². The van der Waals surface area contributed by atoms with Crippen LogP contribution in [0.25, 0.3) is 10.8 Å². The van der Waals surface area contributed by atoms with Gasteiger partial charge in [0.05, 0.1) is 18.8 Å². The lowest BCUT2D eigenvalue weighted by Gasteiger charge is -2.17. The lowest BCUT2D eigenvalue weighted by atomic mass is 10.1. The zero-order valence-corrected chi connectivity index (χ0v) is 16.9. The van der Waals surface area contributed by atoms with Crippen molar-refractivity contribution in [1.82, 2.24) is 0 Å². The van der Waals surface area contributed by atoms with E-state index in [1.807, 2.05) is 49.4 Å². The number of esters is 1. The third-order valence-electron chi connectivity index (χ3n) is 4.61. The standard InChI is InChI=1S/C25H27NO3/c1-3-8-21(26-22-15-13-20(14-16-22)25(27)28-4-2)17-18-29-24-12-7-10-19-9-5-6-11-23(19)24/h3,5-16,21,26H,4,17-18H2,1-2H3/b8-3+. The van der Waals surface area contributed by atoms with Gasteiger partial charge in [0.25, 0.3) is 0 Å². The maximum absolute atomic E-state index is 11.8. The second kappa shape index (κ2) is 10.3. The van der Waals surface area contributed by atoms with Crippen LogP contribution in [0.2, 0.25) is 0 Å². The highest BCUT2D eigenvalue weighted by atomic mass is 16.5. The largest absolute Gasteiger partial charge is 0.493 e. The molecule has 0 aromatic heterocycles. The molecule has 0 heterocycles. The summed E-state index contributed by atoms with van der Waals surface area (Å²) in [6.07, 6.45) is 4.96. The number of hydrogen-bond acceptors (Lipinski definition) is 4. The molecule has 0 fully saturated rings. The van der Waals surface area contributed by atoms with E-state index < -0.39 is 0 Å². The molecule has 1 N–H and O–H groups in total. The van der Waals surface area contributed by atoms with Gasteiger partial charge in [-0.3, -0.25) is 0 Å². The number of anilines is 1. The van der Waals surface area contributed by atoms with Crippen molar-refractivity contribution in [2.45, 2.75) is 26.3 Å². The molecule has 0 aliphatic carbocycles. The molecule has 3 rings (SSSR count). The summed E-state index contributed by atoms with van der Waals surface area (Å²) >= 11 is 0. The quantitative estimate of drug-likeness (QED) is 0.369. The molecular formula is C25H27NO3. The molecule has 1 atom stereocenters. The SMILES string of the molecule is C/C=C/C(CCOc1cccc2ccccc12)Nc1ccc(C(=O)OCC)cc1. The third kappa shape index (κ3) is 5.61. The zero-order chi connectivity index (χ0) is 20.5. The van der Waals surface area contributed by atoms with E-state index >= 15 is 0 Å². The monoisotopic (exact) mass is 389 g/mol. The predicted octanol–water partition coefficient (Wildman–Crippen LogP) is 5.84. The highest BCUT2D eigenvalue weighted by Gasteiger charge is 2.09. The molecule has 4 nitrogen and oxygen atoms in total. The number of allylic oxidation sites excluding steroid dienone is 1. The first-order valence-electron chi connectivity index (χ1n) is 9.98. The minimum absolute atomic E-state index is 0.128. The number of nitrogens with one attached hydrogen (secondary N) is 1. The van der Waals surface area contributed by atoms with Crippen molar-refractivity contribution in [2.75, 3.05) is 18.5 Å². The first-order valence-corrected chi connectivity index (χ1v) is 9.98. The van der Waals surface area contributed by atoms with Gasteiger partial charge in [-0.15, -0.1) is 0 Å². The van der Waals surface area contributed by atoms with Crippen LogP contribution < -0.4 is 10.1 Å². The molecule has 29 heavy (non-hydrogen) atoms. The molecular weight excluding hydrogens is 362 g/mol. The van der Waals surface area contributed by atoms with Gasteiger partial charge in [0.1, 0.15) is 5.75 Å². The Morgan fingerprint density at radius 1 is 1.03 bits per heavy atom. The van der Waals surface area contributed by atoms with E-state index in [1.165, 1.54) is 5.39 Å². The number of hydrogen-bond donors (Lipinski definition) is 1. The molecule has 1 unspecified atom stereocenters. The van der Waals surface area contributed by atoms with Crippen LogP contribution in [-0.4, -0.2) is 25.2 Å². The van der Waals surface area contributed by atoms with Crippen molar-refractivity contribution >= 4 is 22.4 Å². The fourth-order valence-corrected chi connectivity index (χ4v) is 3.20. The Morgan fingerprint density at radius 3 is 2.55 bits per heavy atom. The number of fused-ring (bicyclic) bond motifs is 1. The van der Waals surface area contributed by atoms with Crippen molar-refractivity contribution in [3.63, 3.8) is 0 Å². The van der Waals surface area contributed by atoms with Crippen LogP contribution in [0.4, 0.5) is 5.69 Å². The minimum atomic E-state index is -0.299. The number of ether oxygens (including phenoxy) is 2. The Labute approximate surface area is 172 Å². The second-order valence-electron chi connectivity index (χ2n) is 6.69. The summed E-state index contributed by atoms with van der Waals surface area (Å²) in [5, 5.41) is 5.78. The summed E-state index contributed by atoms with van der Waals surface area (Å²) in [5.74, 6) is 0.605. The summed E-state index contributed by atoms with van der Waals surface area (Å²) in [5.41, 5.74) is 1.51. The second-order valence-corrected chi connectivity index (χ2v) is 6.69. The molecule has 0 saturated carbocycles. The van der Waals surface area contributed by atoms with Gasteiger partial charge in [-0.1, -0.05) is 48.6 Å². The predicted molar refractivity (Wildman–Crippen MR) is 119 cm³/mol. The summed E-state index contributed by atoms with van der Waals surface area (Å²) in [4.78, 5) is 11.8. The topological polar surface area (TPSA) is 47.6 Å². The minimum Gasteiger partial charge on any atom is -0.493 e. The van der Waals surface area contributed by atoms with E-state index in [0.717, 1.165) is 23.2 Å². The first-order chi connectivity index (χ1) is 14.2. The van der Waals surface area contributed by atoms with Gasteiger partial charge < -0.3 is 14.8 Å². The highest BCUT2D eigenvalue weighted by molar-refractivity contribution is 5.90. The summed E-state index contributed by atoms with van der Waals surface area (Å²) in [7, 11) is 0. The molecule has 3 aromatic carbocycles. The smallest absolute Gasteiger partial charge is 0.338 e. The fraction of sp³-hybridized carbons (Fsp3) is 0.240. The first kappa shape index (κ1) is 20.5. The normalized spacial score (nSPS) is 12.1. The van der Waals surface area contributed by atoms with Crippen LogP contribution in [0, 0.1) is 0 Å². The van der Waals surface area contributed by atoms with E-state index in [1.54, 1.807) is 19.1 Å². The van der Waals surface area contributed by atoms with Gasteiger partial charge in [0.2, 0.25) is 0 Å². The Balaban J connectivity index is 1.59. The molecule has 0 amide bonds. The number of rotatable bonds is 9. The van der Waals surface area contributed by atoms with Gasteiger partial charge in [0.15, 0.2) is 0 Å². The van der Waals surface area contributed by atoms with E-state index in [9.17, 15) is 4.79 Å². The summed E-state index contributed by atoms with van der Waals surface area (Å²) in [6, 6.07) is 21.8. The van der Waals surface area contributed by atoms with Crippen LogP contribution in [0.3, 0.4) is 0 Å². The lowest BCUT2D eigenvalue weighted by Crippen LogP contribution is -2.20. The van der Waals surface area contributed by atoms with Crippen LogP contribution in [-0.2, 0) is 4.74 Å². The van der Waals surface area contributed by atoms with Gasteiger partial charge in [-0.25, -0.2) is 4.79 Å². The molecule has 0 bridgehead atoms. The van der Waals surface area contributed by atoms with Crippen molar-refractivity contribution in [3.8, 4) is 5.75 Å². The number of carbonyl (C=O) groups is 1. The van der Waals surface area contributed by atoms with Crippen molar-refractivity contribution in [1.29, 1.82) is 0 Å². The van der Waals surface area contributed by atoms with E-state index in [-0.39, 0.29) is 12.0 Å². The molecule has 4 heteroatoms. The van der Waals surface area contributed by atoms with Crippen molar-refractivity contribution < 1.29 is 14.3 Å². The Hall–Kier alpha value is -3.27. The Morgan fingerprint density at radius 2 is 1.79 bits per heavy atom. The average Bonchev–Trinajstić information content (AvgIpc) is 2.75. The number of carbonyl (C=O) groups excluding carboxylic acids is 1. The molecule has 0 aliphatic heterocycles. The molecule has 0 spiro atoms.